The lowest BCUT2D eigenvalue weighted by Crippen LogP contribution is -2.08. The van der Waals surface area contributed by atoms with Gasteiger partial charge in [-0.15, -0.1) is 0 Å². The van der Waals surface area contributed by atoms with Crippen molar-refractivity contribution in [3.05, 3.63) is 52.7 Å². The van der Waals surface area contributed by atoms with Crippen LogP contribution in [0.5, 0.6) is 0 Å². The number of aromatic carboxylic acids is 1. The van der Waals surface area contributed by atoms with Crippen LogP contribution in [0.4, 0.5) is 11.5 Å². The average Bonchev–Trinajstić information content (AvgIpc) is 2.40. The van der Waals surface area contributed by atoms with Crippen molar-refractivity contribution in [1.82, 2.24) is 4.98 Å². The fourth-order valence-electron chi connectivity index (χ4n) is 2.38. The molecule has 2 aromatic rings. The molecule has 4 heteroatoms. The molecule has 0 saturated carbocycles. The van der Waals surface area contributed by atoms with Crippen molar-refractivity contribution in [2.45, 2.75) is 33.6 Å². The number of benzene rings is 1. The van der Waals surface area contributed by atoms with Gasteiger partial charge >= 0.3 is 5.97 Å². The molecule has 0 saturated heterocycles. The number of aromatic nitrogens is 1. The Kier molecular flexibility index (Phi) is 4.58. The number of carboxylic acid groups (broad SMARTS) is 1. The molecule has 0 bridgehead atoms. The second-order valence-corrected chi connectivity index (χ2v) is 5.18. The minimum absolute atomic E-state index is 0.221. The largest absolute Gasteiger partial charge is 0.478 e. The van der Waals surface area contributed by atoms with Crippen molar-refractivity contribution in [2.75, 3.05) is 5.32 Å². The predicted molar refractivity (Wildman–Crippen MR) is 84.4 cm³/mol. The lowest BCUT2D eigenvalue weighted by atomic mass is 10.1. The molecule has 0 aliphatic rings. The number of anilines is 2. The highest BCUT2D eigenvalue weighted by Crippen LogP contribution is 2.23. The van der Waals surface area contributed by atoms with E-state index in [2.05, 4.69) is 29.4 Å². The zero-order chi connectivity index (χ0) is 15.4. The monoisotopic (exact) mass is 284 g/mol. The Labute approximate surface area is 124 Å². The number of aryl methyl sites for hydroxylation is 3. The Morgan fingerprint density at radius 1 is 1.24 bits per heavy atom. The van der Waals surface area contributed by atoms with Gasteiger partial charge in [0, 0.05) is 11.4 Å². The maximum absolute atomic E-state index is 11.4. The third-order valence-corrected chi connectivity index (χ3v) is 3.31. The minimum Gasteiger partial charge on any atom is -0.478 e. The smallest absolute Gasteiger partial charge is 0.339 e. The Balaban J connectivity index is 2.32. The van der Waals surface area contributed by atoms with Gasteiger partial charge in [0.05, 0.1) is 0 Å². The van der Waals surface area contributed by atoms with Gasteiger partial charge in [0.25, 0.3) is 0 Å². The summed E-state index contributed by atoms with van der Waals surface area (Å²) < 4.78 is 0. The van der Waals surface area contributed by atoms with Crippen molar-refractivity contribution in [3.8, 4) is 0 Å². The molecule has 2 rings (SSSR count). The number of nitrogens with zero attached hydrogens (tertiary/aromatic N) is 1. The Morgan fingerprint density at radius 2 is 1.90 bits per heavy atom. The van der Waals surface area contributed by atoms with E-state index in [1.54, 1.807) is 13.0 Å². The first-order valence-electron chi connectivity index (χ1n) is 7.08. The van der Waals surface area contributed by atoms with Crippen LogP contribution in [0.25, 0.3) is 0 Å². The third-order valence-electron chi connectivity index (χ3n) is 3.31. The fraction of sp³-hybridized carbons (Fsp3) is 0.294. The van der Waals surface area contributed by atoms with Gasteiger partial charge < -0.3 is 10.4 Å². The summed E-state index contributed by atoms with van der Waals surface area (Å²) in [6.07, 6.45) is 2.15. The van der Waals surface area contributed by atoms with Crippen LogP contribution >= 0.6 is 0 Å². The van der Waals surface area contributed by atoms with E-state index in [-0.39, 0.29) is 5.56 Å². The first kappa shape index (κ1) is 15.0. The second-order valence-electron chi connectivity index (χ2n) is 5.18. The summed E-state index contributed by atoms with van der Waals surface area (Å²) >= 11 is 0. The van der Waals surface area contributed by atoms with Crippen LogP contribution in [0.3, 0.4) is 0 Å². The summed E-state index contributed by atoms with van der Waals surface area (Å²) in [5, 5.41) is 12.5. The zero-order valence-corrected chi connectivity index (χ0v) is 12.6. The molecule has 110 valence electrons. The Hall–Kier alpha value is -2.36. The third kappa shape index (κ3) is 3.60. The molecule has 1 heterocycles. The summed E-state index contributed by atoms with van der Waals surface area (Å²) in [5.74, 6) is -0.576. The number of hydrogen-bond donors (Lipinski definition) is 2. The Bertz CT molecular complexity index is 649. The molecule has 0 fully saturated rings. The Morgan fingerprint density at radius 3 is 2.48 bits per heavy atom. The molecule has 0 aliphatic carbocycles. The molecule has 0 spiro atoms. The van der Waals surface area contributed by atoms with Crippen molar-refractivity contribution < 1.29 is 9.90 Å². The number of pyridine rings is 1. The van der Waals surface area contributed by atoms with E-state index in [4.69, 9.17) is 0 Å². The van der Waals surface area contributed by atoms with E-state index in [9.17, 15) is 9.90 Å². The highest BCUT2D eigenvalue weighted by atomic mass is 16.4. The number of carbonyl (C=O) groups is 1. The maximum atomic E-state index is 11.4. The zero-order valence-electron chi connectivity index (χ0n) is 12.6. The van der Waals surface area contributed by atoms with Crippen LogP contribution in [0.2, 0.25) is 0 Å². The number of hydrogen-bond acceptors (Lipinski definition) is 3. The average molecular weight is 284 g/mol. The van der Waals surface area contributed by atoms with Crippen LogP contribution in [0.1, 0.15) is 40.5 Å². The van der Waals surface area contributed by atoms with Crippen molar-refractivity contribution in [2.24, 2.45) is 0 Å². The normalized spacial score (nSPS) is 10.4. The van der Waals surface area contributed by atoms with Crippen LogP contribution in [-0.2, 0) is 6.42 Å². The van der Waals surface area contributed by atoms with Gasteiger partial charge in [0.15, 0.2) is 0 Å². The van der Waals surface area contributed by atoms with Gasteiger partial charge in [-0.2, -0.15) is 0 Å². The quantitative estimate of drug-likeness (QED) is 0.868. The molecular weight excluding hydrogens is 264 g/mol. The van der Waals surface area contributed by atoms with E-state index in [0.29, 0.717) is 11.4 Å². The molecule has 4 nitrogen and oxygen atoms in total. The molecule has 0 atom stereocenters. The lowest BCUT2D eigenvalue weighted by Gasteiger charge is -2.12. The number of nitrogens with one attached hydrogen (secondary N) is 1. The molecule has 1 aromatic heterocycles. The summed E-state index contributed by atoms with van der Waals surface area (Å²) in [6.45, 7) is 5.78. The van der Waals surface area contributed by atoms with E-state index >= 15 is 0 Å². The number of rotatable bonds is 5. The predicted octanol–water partition coefficient (Wildman–Crippen LogP) is 4.09. The number of carboxylic acids is 1. The van der Waals surface area contributed by atoms with Crippen LogP contribution in [-0.4, -0.2) is 16.1 Å². The summed E-state index contributed by atoms with van der Waals surface area (Å²) in [4.78, 5) is 15.7. The van der Waals surface area contributed by atoms with Crippen LogP contribution < -0.4 is 5.32 Å². The van der Waals surface area contributed by atoms with Gasteiger partial charge in [-0.25, -0.2) is 9.78 Å². The van der Waals surface area contributed by atoms with E-state index < -0.39 is 5.97 Å². The van der Waals surface area contributed by atoms with Crippen molar-refractivity contribution in [1.29, 1.82) is 0 Å². The molecule has 0 amide bonds. The maximum Gasteiger partial charge on any atom is 0.339 e. The first-order valence-corrected chi connectivity index (χ1v) is 7.08. The molecule has 21 heavy (non-hydrogen) atoms. The van der Waals surface area contributed by atoms with Gasteiger partial charge in [0.1, 0.15) is 11.4 Å². The summed E-state index contributed by atoms with van der Waals surface area (Å²) in [7, 11) is 0. The van der Waals surface area contributed by atoms with Crippen molar-refractivity contribution >= 4 is 17.5 Å². The van der Waals surface area contributed by atoms with Crippen LogP contribution in [0.15, 0.2) is 30.3 Å². The summed E-state index contributed by atoms with van der Waals surface area (Å²) in [5.41, 5.74) is 3.84. The molecule has 0 unspecified atom stereocenters. The topological polar surface area (TPSA) is 62.2 Å². The molecular formula is C17H20N2O2. The van der Waals surface area contributed by atoms with Gasteiger partial charge in [-0.3, -0.25) is 0 Å². The van der Waals surface area contributed by atoms with Gasteiger partial charge in [-0.05, 0) is 49.6 Å². The minimum atomic E-state index is -0.967. The first-order chi connectivity index (χ1) is 10.0. The molecule has 0 radical (unpaired) electrons. The lowest BCUT2D eigenvalue weighted by molar-refractivity contribution is 0.0697. The fourth-order valence-corrected chi connectivity index (χ4v) is 2.38. The van der Waals surface area contributed by atoms with Crippen LogP contribution in [0, 0.1) is 13.8 Å². The SMILES string of the molecule is CCCc1ccc(Nc2nc(C)cc(C)c2C(=O)O)cc1. The molecule has 0 aliphatic heterocycles. The van der Waals surface area contributed by atoms with E-state index in [1.165, 1.54) is 5.56 Å². The van der Waals surface area contributed by atoms with Crippen molar-refractivity contribution in [3.63, 3.8) is 0 Å². The van der Waals surface area contributed by atoms with Gasteiger partial charge in [-0.1, -0.05) is 25.5 Å². The van der Waals surface area contributed by atoms with Gasteiger partial charge in [0.2, 0.25) is 0 Å². The summed E-state index contributed by atoms with van der Waals surface area (Å²) in [6, 6.07) is 9.79. The molecule has 2 N–H and O–H groups in total. The highest BCUT2D eigenvalue weighted by Gasteiger charge is 2.15. The second kappa shape index (κ2) is 6.39. The van der Waals surface area contributed by atoms with E-state index in [1.807, 2.05) is 19.1 Å². The molecule has 1 aromatic carbocycles. The standard InChI is InChI=1S/C17H20N2O2/c1-4-5-13-6-8-14(9-7-13)19-16-15(17(20)21)11(2)10-12(3)18-16/h6-10H,4-5H2,1-3H3,(H,18,19)(H,20,21). The highest BCUT2D eigenvalue weighted by molar-refractivity contribution is 5.95. The van der Waals surface area contributed by atoms with E-state index in [0.717, 1.165) is 24.2 Å².